The summed E-state index contributed by atoms with van der Waals surface area (Å²) in [5.74, 6) is 1.30. The average Bonchev–Trinajstić information content (AvgIpc) is 3.15. The SMILES string of the molecule is CC1(C)C2CNCC2CN1C(=O)c1cccc2cc[nH]c12. The molecular weight excluding hydrogens is 262 g/mol. The van der Waals surface area contributed by atoms with Crippen molar-refractivity contribution in [1.29, 1.82) is 0 Å². The lowest BCUT2D eigenvalue weighted by Crippen LogP contribution is -2.47. The third kappa shape index (κ3) is 1.75. The summed E-state index contributed by atoms with van der Waals surface area (Å²) < 4.78 is 0. The first-order valence-corrected chi connectivity index (χ1v) is 7.68. The van der Waals surface area contributed by atoms with Gasteiger partial charge in [0.1, 0.15) is 0 Å². The number of benzene rings is 1. The predicted octanol–water partition coefficient (Wildman–Crippen LogP) is 2.24. The van der Waals surface area contributed by atoms with Crippen LogP contribution in [0.25, 0.3) is 10.9 Å². The molecule has 110 valence electrons. The van der Waals surface area contributed by atoms with Gasteiger partial charge in [-0.1, -0.05) is 12.1 Å². The Morgan fingerprint density at radius 2 is 2.14 bits per heavy atom. The highest BCUT2D eigenvalue weighted by atomic mass is 16.2. The molecule has 21 heavy (non-hydrogen) atoms. The summed E-state index contributed by atoms with van der Waals surface area (Å²) in [7, 11) is 0. The van der Waals surface area contributed by atoms with Crippen LogP contribution in [0, 0.1) is 11.8 Å². The predicted molar refractivity (Wildman–Crippen MR) is 83.3 cm³/mol. The zero-order chi connectivity index (χ0) is 14.6. The lowest BCUT2D eigenvalue weighted by Gasteiger charge is -2.35. The first-order chi connectivity index (χ1) is 10.1. The third-order valence-electron chi connectivity index (χ3n) is 5.42. The summed E-state index contributed by atoms with van der Waals surface area (Å²) in [6.07, 6.45) is 1.90. The van der Waals surface area contributed by atoms with Gasteiger partial charge in [0.2, 0.25) is 0 Å². The quantitative estimate of drug-likeness (QED) is 0.843. The van der Waals surface area contributed by atoms with Crippen LogP contribution in [0.4, 0.5) is 0 Å². The van der Waals surface area contributed by atoms with E-state index in [4.69, 9.17) is 0 Å². The zero-order valence-corrected chi connectivity index (χ0v) is 12.5. The van der Waals surface area contributed by atoms with Crippen molar-refractivity contribution >= 4 is 16.8 Å². The minimum Gasteiger partial charge on any atom is -0.361 e. The minimum atomic E-state index is -0.0833. The minimum absolute atomic E-state index is 0.0833. The van der Waals surface area contributed by atoms with E-state index in [2.05, 4.69) is 29.0 Å². The van der Waals surface area contributed by atoms with Crippen molar-refractivity contribution in [2.24, 2.45) is 11.8 Å². The highest BCUT2D eigenvalue weighted by Gasteiger charge is 2.51. The van der Waals surface area contributed by atoms with Gasteiger partial charge in [0, 0.05) is 36.8 Å². The van der Waals surface area contributed by atoms with E-state index in [1.165, 1.54) is 0 Å². The van der Waals surface area contributed by atoms with Crippen molar-refractivity contribution in [3.63, 3.8) is 0 Å². The van der Waals surface area contributed by atoms with Crippen molar-refractivity contribution in [3.8, 4) is 0 Å². The van der Waals surface area contributed by atoms with Gasteiger partial charge in [-0.2, -0.15) is 0 Å². The number of nitrogens with zero attached hydrogens (tertiary/aromatic N) is 1. The standard InChI is InChI=1S/C17H21N3O/c1-17(2)14-9-18-8-12(14)10-20(17)16(21)13-5-3-4-11-6-7-19-15(11)13/h3-7,12,14,18-19H,8-10H2,1-2H3. The van der Waals surface area contributed by atoms with E-state index in [0.29, 0.717) is 11.8 Å². The van der Waals surface area contributed by atoms with E-state index >= 15 is 0 Å². The maximum atomic E-state index is 13.1. The van der Waals surface area contributed by atoms with Crippen LogP contribution in [-0.4, -0.2) is 41.0 Å². The van der Waals surface area contributed by atoms with Crippen molar-refractivity contribution in [1.82, 2.24) is 15.2 Å². The molecule has 2 fully saturated rings. The molecule has 2 aliphatic rings. The molecule has 0 spiro atoms. The molecule has 2 N–H and O–H groups in total. The lowest BCUT2D eigenvalue weighted by atomic mass is 9.84. The Labute approximate surface area is 124 Å². The number of para-hydroxylation sites is 1. The van der Waals surface area contributed by atoms with Crippen LogP contribution < -0.4 is 5.32 Å². The number of hydrogen-bond acceptors (Lipinski definition) is 2. The number of hydrogen-bond donors (Lipinski definition) is 2. The number of aromatic nitrogens is 1. The number of carbonyl (C=O) groups excluding carboxylic acids is 1. The number of amides is 1. The molecule has 0 bridgehead atoms. The Bertz CT molecular complexity index is 703. The van der Waals surface area contributed by atoms with E-state index < -0.39 is 0 Å². The van der Waals surface area contributed by atoms with Gasteiger partial charge in [-0.05, 0) is 37.8 Å². The van der Waals surface area contributed by atoms with E-state index in [-0.39, 0.29) is 11.4 Å². The molecule has 4 rings (SSSR count). The smallest absolute Gasteiger partial charge is 0.256 e. The van der Waals surface area contributed by atoms with Gasteiger partial charge in [0.25, 0.3) is 5.91 Å². The van der Waals surface area contributed by atoms with Crippen LogP contribution in [0.1, 0.15) is 24.2 Å². The molecule has 0 aliphatic carbocycles. The third-order valence-corrected chi connectivity index (χ3v) is 5.42. The van der Waals surface area contributed by atoms with Gasteiger partial charge in [0.15, 0.2) is 0 Å². The molecule has 1 amide bonds. The van der Waals surface area contributed by atoms with Gasteiger partial charge >= 0.3 is 0 Å². The number of carbonyl (C=O) groups is 1. The lowest BCUT2D eigenvalue weighted by molar-refractivity contribution is 0.0605. The molecule has 2 aromatic rings. The maximum absolute atomic E-state index is 13.1. The van der Waals surface area contributed by atoms with Gasteiger partial charge < -0.3 is 15.2 Å². The molecule has 1 aromatic carbocycles. The second kappa shape index (κ2) is 4.34. The van der Waals surface area contributed by atoms with Crippen molar-refractivity contribution in [2.45, 2.75) is 19.4 Å². The second-order valence-electron chi connectivity index (χ2n) is 6.84. The number of aromatic amines is 1. The topological polar surface area (TPSA) is 48.1 Å². The number of fused-ring (bicyclic) bond motifs is 2. The molecule has 2 unspecified atom stereocenters. The monoisotopic (exact) mass is 283 g/mol. The average molecular weight is 283 g/mol. The molecule has 3 heterocycles. The molecule has 4 heteroatoms. The highest BCUT2D eigenvalue weighted by Crippen LogP contribution is 2.41. The molecular formula is C17H21N3O. The van der Waals surface area contributed by atoms with Gasteiger partial charge in [-0.3, -0.25) is 4.79 Å². The Hall–Kier alpha value is -1.81. The molecule has 1 aromatic heterocycles. The summed E-state index contributed by atoms with van der Waals surface area (Å²) in [6, 6.07) is 7.95. The highest BCUT2D eigenvalue weighted by molar-refractivity contribution is 6.06. The summed E-state index contributed by atoms with van der Waals surface area (Å²) in [4.78, 5) is 18.4. The Kier molecular flexibility index (Phi) is 2.67. The fourth-order valence-electron chi connectivity index (χ4n) is 4.17. The first-order valence-electron chi connectivity index (χ1n) is 7.68. The summed E-state index contributed by atoms with van der Waals surface area (Å²) >= 11 is 0. The van der Waals surface area contributed by atoms with Crippen LogP contribution in [0.3, 0.4) is 0 Å². The fraction of sp³-hybridized carbons (Fsp3) is 0.471. The van der Waals surface area contributed by atoms with Crippen LogP contribution >= 0.6 is 0 Å². The van der Waals surface area contributed by atoms with Crippen LogP contribution in [-0.2, 0) is 0 Å². The van der Waals surface area contributed by atoms with E-state index in [9.17, 15) is 4.79 Å². The summed E-state index contributed by atoms with van der Waals surface area (Å²) in [6.45, 7) is 7.33. The van der Waals surface area contributed by atoms with Crippen molar-refractivity contribution in [2.75, 3.05) is 19.6 Å². The zero-order valence-electron chi connectivity index (χ0n) is 12.5. The fourth-order valence-corrected chi connectivity index (χ4v) is 4.17. The maximum Gasteiger partial charge on any atom is 0.256 e. The number of rotatable bonds is 1. The van der Waals surface area contributed by atoms with Crippen LogP contribution in [0.15, 0.2) is 30.5 Å². The molecule has 2 aliphatic heterocycles. The Morgan fingerprint density at radius 1 is 1.29 bits per heavy atom. The van der Waals surface area contributed by atoms with Crippen molar-refractivity contribution < 1.29 is 4.79 Å². The Balaban J connectivity index is 1.74. The number of likely N-dealkylation sites (tertiary alicyclic amines) is 1. The van der Waals surface area contributed by atoms with E-state index in [0.717, 1.165) is 36.1 Å². The molecule has 2 saturated heterocycles. The van der Waals surface area contributed by atoms with Gasteiger partial charge in [-0.15, -0.1) is 0 Å². The normalized spacial score (nSPS) is 27.2. The second-order valence-corrected chi connectivity index (χ2v) is 6.84. The summed E-state index contributed by atoms with van der Waals surface area (Å²) in [5, 5.41) is 4.56. The van der Waals surface area contributed by atoms with Gasteiger partial charge in [0.05, 0.1) is 11.1 Å². The Morgan fingerprint density at radius 3 is 2.95 bits per heavy atom. The number of H-pyrrole nitrogens is 1. The molecule has 0 radical (unpaired) electrons. The molecule has 2 atom stereocenters. The van der Waals surface area contributed by atoms with E-state index in [1.807, 2.05) is 30.5 Å². The van der Waals surface area contributed by atoms with Crippen LogP contribution in [0.2, 0.25) is 0 Å². The van der Waals surface area contributed by atoms with Crippen molar-refractivity contribution in [3.05, 3.63) is 36.0 Å². The first kappa shape index (κ1) is 12.9. The van der Waals surface area contributed by atoms with Crippen LogP contribution in [0.5, 0.6) is 0 Å². The summed E-state index contributed by atoms with van der Waals surface area (Å²) in [5.41, 5.74) is 1.66. The molecule has 4 nitrogen and oxygen atoms in total. The largest absolute Gasteiger partial charge is 0.361 e. The van der Waals surface area contributed by atoms with Gasteiger partial charge in [-0.25, -0.2) is 0 Å². The number of nitrogens with one attached hydrogen (secondary N) is 2. The molecule has 0 saturated carbocycles. The van der Waals surface area contributed by atoms with E-state index in [1.54, 1.807) is 0 Å².